The van der Waals surface area contributed by atoms with Crippen LogP contribution in [0.4, 0.5) is 10.5 Å². The second-order valence-corrected chi connectivity index (χ2v) is 7.26. The van der Waals surface area contributed by atoms with Crippen molar-refractivity contribution < 1.29 is 9.53 Å². The molecule has 5 nitrogen and oxygen atoms in total. The molecule has 124 valence electrons. The van der Waals surface area contributed by atoms with Crippen LogP contribution in [0.2, 0.25) is 0 Å². The van der Waals surface area contributed by atoms with E-state index in [0.29, 0.717) is 12.2 Å². The van der Waals surface area contributed by atoms with Gasteiger partial charge in [-0.25, -0.2) is 4.79 Å². The van der Waals surface area contributed by atoms with Crippen molar-refractivity contribution >= 4 is 27.7 Å². The third-order valence-corrected chi connectivity index (χ3v) is 4.35. The molecule has 0 unspecified atom stereocenters. The highest BCUT2D eigenvalue weighted by molar-refractivity contribution is 9.10. The molecule has 0 saturated heterocycles. The number of ether oxygens (including phenoxy) is 1. The van der Waals surface area contributed by atoms with E-state index < -0.39 is 11.7 Å². The van der Waals surface area contributed by atoms with E-state index in [1.54, 1.807) is 0 Å². The zero-order valence-electron chi connectivity index (χ0n) is 14.1. The lowest BCUT2D eigenvalue weighted by atomic mass is 10.2. The number of benzene rings is 1. The fourth-order valence-electron chi connectivity index (χ4n) is 2.17. The largest absolute Gasteiger partial charge is 0.444 e. The van der Waals surface area contributed by atoms with Gasteiger partial charge in [0.2, 0.25) is 0 Å². The standard InChI is InChI=1S/C17H22BrN3O2/c1-11-15(18)12(2)21(20-11)10-13-7-6-8-14(9-13)19-16(22)23-17(3,4)5/h6-9H,10H2,1-5H3,(H,19,22). The van der Waals surface area contributed by atoms with Gasteiger partial charge in [0.25, 0.3) is 0 Å². The second kappa shape index (κ2) is 6.74. The van der Waals surface area contributed by atoms with Crippen molar-refractivity contribution in [3.63, 3.8) is 0 Å². The average molecular weight is 380 g/mol. The van der Waals surface area contributed by atoms with Gasteiger partial charge in [-0.3, -0.25) is 10.00 Å². The molecule has 2 aromatic rings. The summed E-state index contributed by atoms with van der Waals surface area (Å²) in [4.78, 5) is 11.8. The molecule has 0 fully saturated rings. The van der Waals surface area contributed by atoms with Crippen molar-refractivity contribution in [1.82, 2.24) is 9.78 Å². The number of hydrogen-bond acceptors (Lipinski definition) is 3. The van der Waals surface area contributed by atoms with Crippen molar-refractivity contribution in [1.29, 1.82) is 0 Å². The molecule has 1 heterocycles. The summed E-state index contributed by atoms with van der Waals surface area (Å²) in [6.07, 6.45) is -0.455. The molecular weight excluding hydrogens is 358 g/mol. The van der Waals surface area contributed by atoms with E-state index in [2.05, 4.69) is 26.3 Å². The topological polar surface area (TPSA) is 56.2 Å². The smallest absolute Gasteiger partial charge is 0.412 e. The van der Waals surface area contributed by atoms with Gasteiger partial charge < -0.3 is 4.74 Å². The van der Waals surface area contributed by atoms with Gasteiger partial charge >= 0.3 is 6.09 Å². The Morgan fingerprint density at radius 1 is 1.35 bits per heavy atom. The van der Waals surface area contributed by atoms with Gasteiger partial charge in [0.05, 0.1) is 22.4 Å². The van der Waals surface area contributed by atoms with Crippen LogP contribution < -0.4 is 5.32 Å². The zero-order chi connectivity index (χ0) is 17.2. The fraction of sp³-hybridized carbons (Fsp3) is 0.412. The normalized spacial score (nSPS) is 11.4. The molecule has 0 spiro atoms. The van der Waals surface area contributed by atoms with E-state index in [4.69, 9.17) is 4.74 Å². The highest BCUT2D eigenvalue weighted by atomic mass is 79.9. The van der Waals surface area contributed by atoms with E-state index in [1.807, 2.05) is 63.6 Å². The number of anilines is 1. The van der Waals surface area contributed by atoms with Gasteiger partial charge in [0, 0.05) is 5.69 Å². The van der Waals surface area contributed by atoms with Gasteiger partial charge in [-0.2, -0.15) is 5.10 Å². The Morgan fingerprint density at radius 3 is 2.61 bits per heavy atom. The van der Waals surface area contributed by atoms with E-state index in [9.17, 15) is 4.79 Å². The third-order valence-electron chi connectivity index (χ3n) is 3.20. The van der Waals surface area contributed by atoms with Crippen LogP contribution in [-0.2, 0) is 11.3 Å². The van der Waals surface area contributed by atoms with Crippen LogP contribution in [0.5, 0.6) is 0 Å². The molecule has 23 heavy (non-hydrogen) atoms. The molecule has 0 saturated carbocycles. The molecule has 0 aliphatic rings. The number of rotatable bonds is 3. The minimum atomic E-state index is -0.516. The number of carbonyl (C=O) groups is 1. The summed E-state index contributed by atoms with van der Waals surface area (Å²) in [6.45, 7) is 10.1. The Hall–Kier alpha value is -1.82. The lowest BCUT2D eigenvalue weighted by Gasteiger charge is -2.19. The minimum Gasteiger partial charge on any atom is -0.444 e. The zero-order valence-corrected chi connectivity index (χ0v) is 15.7. The summed E-state index contributed by atoms with van der Waals surface area (Å²) >= 11 is 3.53. The van der Waals surface area contributed by atoms with Crippen molar-refractivity contribution in [2.45, 2.75) is 46.8 Å². The van der Waals surface area contributed by atoms with Crippen LogP contribution in [0.15, 0.2) is 28.7 Å². The summed E-state index contributed by atoms with van der Waals surface area (Å²) < 4.78 is 8.23. The molecule has 2 rings (SSSR count). The molecule has 1 amide bonds. The first kappa shape index (κ1) is 17.5. The van der Waals surface area contributed by atoms with Crippen molar-refractivity contribution in [2.24, 2.45) is 0 Å². The number of carbonyl (C=O) groups excluding carboxylic acids is 1. The van der Waals surface area contributed by atoms with Gasteiger partial charge in [0.1, 0.15) is 5.60 Å². The van der Waals surface area contributed by atoms with Gasteiger partial charge in [-0.1, -0.05) is 12.1 Å². The molecular formula is C17H22BrN3O2. The highest BCUT2D eigenvalue weighted by Crippen LogP contribution is 2.21. The molecule has 0 radical (unpaired) electrons. The molecule has 1 aromatic carbocycles. The Bertz CT molecular complexity index is 717. The maximum Gasteiger partial charge on any atom is 0.412 e. The number of halogens is 1. The number of amides is 1. The first-order chi connectivity index (χ1) is 10.7. The highest BCUT2D eigenvalue weighted by Gasteiger charge is 2.16. The number of hydrogen-bond donors (Lipinski definition) is 1. The van der Waals surface area contributed by atoms with Crippen LogP contribution >= 0.6 is 15.9 Å². The van der Waals surface area contributed by atoms with Crippen LogP contribution in [0.1, 0.15) is 37.7 Å². The van der Waals surface area contributed by atoms with Crippen molar-refractivity contribution in [3.05, 3.63) is 45.7 Å². The maximum atomic E-state index is 11.8. The average Bonchev–Trinajstić information content (AvgIpc) is 2.64. The van der Waals surface area contributed by atoms with Crippen LogP contribution in [-0.4, -0.2) is 21.5 Å². The first-order valence-corrected chi connectivity index (χ1v) is 8.23. The fourth-order valence-corrected chi connectivity index (χ4v) is 2.45. The van der Waals surface area contributed by atoms with Crippen LogP contribution in [0.25, 0.3) is 0 Å². The maximum absolute atomic E-state index is 11.8. The lowest BCUT2D eigenvalue weighted by Crippen LogP contribution is -2.27. The summed E-state index contributed by atoms with van der Waals surface area (Å²) in [5.41, 5.74) is 3.28. The number of aromatic nitrogens is 2. The van der Waals surface area contributed by atoms with Crippen molar-refractivity contribution in [3.8, 4) is 0 Å². The van der Waals surface area contributed by atoms with Crippen LogP contribution in [0, 0.1) is 13.8 Å². The quantitative estimate of drug-likeness (QED) is 0.843. The van der Waals surface area contributed by atoms with Crippen LogP contribution in [0.3, 0.4) is 0 Å². The predicted octanol–water partition coefficient (Wildman–Crippen LogP) is 4.66. The molecule has 0 aliphatic heterocycles. The molecule has 0 bridgehead atoms. The minimum absolute atomic E-state index is 0.455. The van der Waals surface area contributed by atoms with E-state index in [0.717, 1.165) is 21.4 Å². The monoisotopic (exact) mass is 379 g/mol. The summed E-state index contributed by atoms with van der Waals surface area (Å²) in [5.74, 6) is 0. The summed E-state index contributed by atoms with van der Waals surface area (Å²) in [5, 5.41) is 7.26. The molecule has 6 heteroatoms. The number of nitrogens with zero attached hydrogens (tertiary/aromatic N) is 2. The number of aryl methyl sites for hydroxylation is 1. The van der Waals surface area contributed by atoms with E-state index in [1.165, 1.54) is 0 Å². The second-order valence-electron chi connectivity index (χ2n) is 6.47. The first-order valence-electron chi connectivity index (χ1n) is 7.44. The molecule has 0 atom stereocenters. The molecule has 0 aliphatic carbocycles. The Labute approximate surface area is 145 Å². The predicted molar refractivity (Wildman–Crippen MR) is 94.8 cm³/mol. The van der Waals surface area contributed by atoms with E-state index in [-0.39, 0.29) is 0 Å². The SMILES string of the molecule is Cc1nn(Cc2cccc(NC(=O)OC(C)(C)C)c2)c(C)c1Br. The Kier molecular flexibility index (Phi) is 5.14. The third kappa shape index (κ3) is 4.82. The number of nitrogens with one attached hydrogen (secondary N) is 1. The van der Waals surface area contributed by atoms with Gasteiger partial charge in [-0.15, -0.1) is 0 Å². The van der Waals surface area contributed by atoms with Gasteiger partial charge in [-0.05, 0) is 68.2 Å². The molecule has 1 aromatic heterocycles. The van der Waals surface area contributed by atoms with E-state index >= 15 is 0 Å². The Morgan fingerprint density at radius 2 is 2.04 bits per heavy atom. The van der Waals surface area contributed by atoms with Gasteiger partial charge in [0.15, 0.2) is 0 Å². The lowest BCUT2D eigenvalue weighted by molar-refractivity contribution is 0.0636. The molecule has 1 N–H and O–H groups in total. The van der Waals surface area contributed by atoms with Crippen molar-refractivity contribution in [2.75, 3.05) is 5.32 Å². The summed E-state index contributed by atoms with van der Waals surface area (Å²) in [6, 6.07) is 7.67. The Balaban J connectivity index is 2.11. The summed E-state index contributed by atoms with van der Waals surface area (Å²) in [7, 11) is 0.